The zero-order valence-corrected chi connectivity index (χ0v) is 27.9. The molecule has 0 aliphatic carbocycles. The second-order valence-corrected chi connectivity index (χ2v) is 12.2. The minimum absolute atomic E-state index is 0.235. The fourth-order valence-electron chi connectivity index (χ4n) is 6.79. The Morgan fingerprint density at radius 1 is 0.896 bits per heavy atom. The van der Waals surface area contributed by atoms with Crippen LogP contribution in [-0.4, -0.2) is 84.0 Å². The average molecular weight is 651 g/mol. The lowest BCUT2D eigenvalue weighted by Crippen LogP contribution is -2.47. The van der Waals surface area contributed by atoms with Gasteiger partial charge in [0.05, 0.1) is 49.6 Å². The van der Waals surface area contributed by atoms with Crippen LogP contribution in [0.1, 0.15) is 74.2 Å². The highest BCUT2D eigenvalue weighted by Crippen LogP contribution is 2.40. The van der Waals surface area contributed by atoms with Crippen molar-refractivity contribution in [2.45, 2.75) is 31.8 Å². The third-order valence-corrected chi connectivity index (χ3v) is 9.50. The summed E-state index contributed by atoms with van der Waals surface area (Å²) in [6.45, 7) is 5.74. The number of benzene rings is 3. The lowest BCUT2D eigenvalue weighted by atomic mass is 9.99. The molecule has 0 spiro atoms. The van der Waals surface area contributed by atoms with Gasteiger partial charge in [-0.1, -0.05) is 42.5 Å². The van der Waals surface area contributed by atoms with Crippen molar-refractivity contribution in [1.29, 1.82) is 0 Å². The summed E-state index contributed by atoms with van der Waals surface area (Å²) in [6.07, 6.45) is 4.04. The fourth-order valence-corrected chi connectivity index (χ4v) is 6.79. The molecule has 1 N–H and O–H groups in total. The molecule has 3 aromatic carbocycles. The number of methoxy groups -OCH3 is 2. The Morgan fingerprint density at radius 2 is 1.65 bits per heavy atom. The molecule has 2 aliphatic heterocycles. The summed E-state index contributed by atoms with van der Waals surface area (Å²) in [5.41, 5.74) is 4.12. The van der Waals surface area contributed by atoms with Crippen molar-refractivity contribution >= 4 is 23.4 Å². The zero-order chi connectivity index (χ0) is 33.8. The summed E-state index contributed by atoms with van der Waals surface area (Å²) >= 11 is 0. The number of hydrogen-bond donors (Lipinski definition) is 1. The first-order valence-electron chi connectivity index (χ1n) is 16.3. The van der Waals surface area contributed by atoms with Crippen LogP contribution >= 0.6 is 0 Å². The number of hydrogen-bond acceptors (Lipinski definition) is 8. The molecular formula is C37H42N6O5. The van der Waals surface area contributed by atoms with Gasteiger partial charge in [0.15, 0.2) is 11.5 Å². The van der Waals surface area contributed by atoms with E-state index in [4.69, 9.17) is 9.47 Å². The Balaban J connectivity index is 1.23. The normalized spacial score (nSPS) is 16.1. The van der Waals surface area contributed by atoms with Crippen molar-refractivity contribution in [3.05, 3.63) is 107 Å². The number of nitrogens with zero attached hydrogens (tertiary/aromatic N) is 5. The standard InChI is InChI=1S/C37H42N6O5/c1-25(26-10-6-5-7-11-26)41-18-20-42(21-19-41)30-13-8-12-28-34(30)37(46)43(36(28)45)29(27-15-16-32(47-3)33(22-27)48-4)14-9-17-39-35(44)31-23-38-24-40(31)2/h5-8,10-13,15-16,22-25,29H,9,14,17-21H2,1-4H3,(H,39,44)/t25-,29-/m1/s1. The number of aryl methyl sites for hydroxylation is 1. The summed E-state index contributed by atoms with van der Waals surface area (Å²) in [5.74, 6) is 0.177. The lowest BCUT2D eigenvalue weighted by Gasteiger charge is -2.39. The van der Waals surface area contributed by atoms with Gasteiger partial charge in [-0.3, -0.25) is 24.2 Å². The number of rotatable bonds is 12. The van der Waals surface area contributed by atoms with Gasteiger partial charge < -0.3 is 24.3 Å². The molecule has 250 valence electrons. The molecule has 3 amide bonds. The highest BCUT2D eigenvalue weighted by Gasteiger charge is 2.43. The second-order valence-electron chi connectivity index (χ2n) is 12.2. The molecule has 1 saturated heterocycles. The molecule has 1 aromatic heterocycles. The van der Waals surface area contributed by atoms with E-state index in [9.17, 15) is 14.4 Å². The molecule has 4 aromatic rings. The average Bonchev–Trinajstić information content (AvgIpc) is 3.67. The molecular weight excluding hydrogens is 608 g/mol. The van der Waals surface area contributed by atoms with Crippen LogP contribution < -0.4 is 19.7 Å². The van der Waals surface area contributed by atoms with Crippen LogP contribution in [0.5, 0.6) is 11.5 Å². The number of carbonyl (C=O) groups is 3. The monoisotopic (exact) mass is 650 g/mol. The van der Waals surface area contributed by atoms with Gasteiger partial charge in [0, 0.05) is 45.8 Å². The van der Waals surface area contributed by atoms with Gasteiger partial charge in [-0.15, -0.1) is 0 Å². The van der Waals surface area contributed by atoms with Crippen molar-refractivity contribution in [2.24, 2.45) is 7.05 Å². The molecule has 11 heteroatoms. The number of imidazole rings is 1. The number of nitrogens with one attached hydrogen (secondary N) is 1. The summed E-state index contributed by atoms with van der Waals surface area (Å²) in [7, 11) is 4.88. The van der Waals surface area contributed by atoms with Gasteiger partial charge in [-0.2, -0.15) is 0 Å². The van der Waals surface area contributed by atoms with E-state index in [0.29, 0.717) is 47.7 Å². The van der Waals surface area contributed by atoms with Gasteiger partial charge >= 0.3 is 0 Å². The van der Waals surface area contributed by atoms with Gasteiger partial charge in [0.25, 0.3) is 17.7 Å². The number of aromatic nitrogens is 2. The van der Waals surface area contributed by atoms with E-state index in [1.165, 1.54) is 16.7 Å². The van der Waals surface area contributed by atoms with Crippen molar-refractivity contribution in [3.63, 3.8) is 0 Å². The van der Waals surface area contributed by atoms with Crippen LogP contribution in [0.25, 0.3) is 0 Å². The molecule has 0 saturated carbocycles. The van der Waals surface area contributed by atoms with E-state index in [1.807, 2.05) is 30.3 Å². The third kappa shape index (κ3) is 6.37. The summed E-state index contributed by atoms with van der Waals surface area (Å²) < 4.78 is 12.7. The van der Waals surface area contributed by atoms with Crippen LogP contribution in [0.2, 0.25) is 0 Å². The topological polar surface area (TPSA) is 109 Å². The number of amides is 3. The van der Waals surface area contributed by atoms with E-state index < -0.39 is 6.04 Å². The molecule has 48 heavy (non-hydrogen) atoms. The predicted molar refractivity (Wildman–Crippen MR) is 183 cm³/mol. The predicted octanol–water partition coefficient (Wildman–Crippen LogP) is 4.87. The second kappa shape index (κ2) is 14.3. The van der Waals surface area contributed by atoms with E-state index in [1.54, 1.807) is 44.3 Å². The van der Waals surface area contributed by atoms with Crippen molar-refractivity contribution in [2.75, 3.05) is 51.8 Å². The van der Waals surface area contributed by atoms with E-state index in [2.05, 4.69) is 51.3 Å². The molecule has 0 bridgehead atoms. The number of carbonyl (C=O) groups excluding carboxylic acids is 3. The van der Waals surface area contributed by atoms with Gasteiger partial charge in [0.2, 0.25) is 0 Å². The first-order chi connectivity index (χ1) is 23.3. The van der Waals surface area contributed by atoms with Crippen molar-refractivity contribution in [3.8, 4) is 11.5 Å². The Kier molecular flexibility index (Phi) is 9.77. The summed E-state index contributed by atoms with van der Waals surface area (Å²) in [5, 5.41) is 2.93. The smallest absolute Gasteiger partial charge is 0.269 e. The maximum absolute atomic E-state index is 14.4. The molecule has 1 fully saturated rings. The fraction of sp³-hybridized carbons (Fsp3) is 0.351. The zero-order valence-electron chi connectivity index (χ0n) is 27.9. The van der Waals surface area contributed by atoms with Crippen LogP contribution in [0.15, 0.2) is 79.3 Å². The largest absolute Gasteiger partial charge is 0.493 e. The molecule has 0 unspecified atom stereocenters. The minimum atomic E-state index is -0.595. The minimum Gasteiger partial charge on any atom is -0.493 e. The third-order valence-electron chi connectivity index (χ3n) is 9.50. The maximum Gasteiger partial charge on any atom is 0.269 e. The molecule has 11 nitrogen and oxygen atoms in total. The Bertz CT molecular complexity index is 1780. The first-order valence-corrected chi connectivity index (χ1v) is 16.3. The Morgan fingerprint density at radius 3 is 2.33 bits per heavy atom. The van der Waals surface area contributed by atoms with Crippen LogP contribution in [0.4, 0.5) is 5.69 Å². The molecule has 3 heterocycles. The molecule has 6 rings (SSSR count). The number of piperazine rings is 1. The number of ether oxygens (including phenoxy) is 2. The van der Waals surface area contributed by atoms with E-state index in [-0.39, 0.29) is 23.8 Å². The van der Waals surface area contributed by atoms with Gasteiger partial charge in [-0.25, -0.2) is 4.98 Å². The quantitative estimate of drug-likeness (QED) is 0.171. The number of imide groups is 1. The van der Waals surface area contributed by atoms with Gasteiger partial charge in [-0.05, 0) is 55.2 Å². The van der Waals surface area contributed by atoms with Crippen LogP contribution in [0.3, 0.4) is 0 Å². The highest BCUT2D eigenvalue weighted by molar-refractivity contribution is 6.24. The summed E-state index contributed by atoms with van der Waals surface area (Å²) in [4.78, 5) is 51.3. The first kappa shape index (κ1) is 32.8. The SMILES string of the molecule is COc1ccc([C@@H](CCCNC(=O)c2cncn2C)N2C(=O)c3cccc(N4CCN([C@H](C)c5ccccc5)CC4)c3C2=O)cc1OC. The molecule has 2 aliphatic rings. The lowest BCUT2D eigenvalue weighted by molar-refractivity contribution is 0.0570. The van der Waals surface area contributed by atoms with Crippen molar-refractivity contribution < 1.29 is 23.9 Å². The van der Waals surface area contributed by atoms with Crippen LogP contribution in [0, 0.1) is 0 Å². The Labute approximate surface area is 281 Å². The van der Waals surface area contributed by atoms with E-state index in [0.717, 1.165) is 37.4 Å². The van der Waals surface area contributed by atoms with Gasteiger partial charge in [0.1, 0.15) is 5.69 Å². The molecule has 2 atom stereocenters. The van der Waals surface area contributed by atoms with Crippen molar-refractivity contribution in [1.82, 2.24) is 24.7 Å². The summed E-state index contributed by atoms with van der Waals surface area (Å²) in [6, 6.07) is 21.2. The highest BCUT2D eigenvalue weighted by atomic mass is 16.5. The number of fused-ring (bicyclic) bond motifs is 1. The van der Waals surface area contributed by atoms with E-state index >= 15 is 0 Å². The van der Waals surface area contributed by atoms with Crippen LogP contribution in [-0.2, 0) is 7.05 Å². The molecule has 0 radical (unpaired) electrons. The Hall–Kier alpha value is -5.16. The maximum atomic E-state index is 14.4. The number of anilines is 1.